The van der Waals surface area contributed by atoms with E-state index in [9.17, 15) is 0 Å². The number of benzene rings is 2. The van der Waals surface area contributed by atoms with Crippen LogP contribution in [0.25, 0.3) is 16.4 Å². The topological polar surface area (TPSA) is 55.1 Å². The number of fused-ring (bicyclic) bond motifs is 2. The largest absolute Gasteiger partial charge is 0.378 e. The van der Waals surface area contributed by atoms with Crippen LogP contribution in [0.15, 0.2) is 48.5 Å². The third-order valence-electron chi connectivity index (χ3n) is 6.77. The van der Waals surface area contributed by atoms with Gasteiger partial charge in [0.2, 0.25) is 0 Å². The lowest BCUT2D eigenvalue weighted by molar-refractivity contribution is 0.121. The minimum atomic E-state index is 0.736. The van der Waals surface area contributed by atoms with Gasteiger partial charge in [-0.1, -0.05) is 42.5 Å². The van der Waals surface area contributed by atoms with Gasteiger partial charge in [-0.25, -0.2) is 4.98 Å². The average Bonchev–Trinajstić information content (AvgIpc) is 3.19. The Kier molecular flexibility index (Phi) is 5.36. The summed E-state index contributed by atoms with van der Waals surface area (Å²) in [5, 5.41) is 7.53. The molecule has 6 rings (SSSR count). The molecule has 7 heteroatoms. The van der Waals surface area contributed by atoms with Crippen LogP contribution in [0.3, 0.4) is 0 Å². The van der Waals surface area contributed by atoms with Crippen LogP contribution >= 0.6 is 0 Å². The van der Waals surface area contributed by atoms with Crippen molar-refractivity contribution in [1.29, 1.82) is 0 Å². The highest BCUT2D eigenvalue weighted by molar-refractivity contribution is 5.86. The Labute approximate surface area is 193 Å². The fourth-order valence-corrected chi connectivity index (χ4v) is 4.96. The highest BCUT2D eigenvalue weighted by Gasteiger charge is 2.23. The Bertz CT molecular complexity index is 1280. The summed E-state index contributed by atoms with van der Waals surface area (Å²) >= 11 is 0. The maximum Gasteiger partial charge on any atom is 0.163 e. The molecule has 2 aliphatic rings. The molecule has 0 unspecified atom stereocenters. The summed E-state index contributed by atoms with van der Waals surface area (Å²) in [4.78, 5) is 9.87. The summed E-state index contributed by atoms with van der Waals surface area (Å²) in [7, 11) is 0. The second-order valence-electron chi connectivity index (χ2n) is 8.79. The van der Waals surface area contributed by atoms with Crippen molar-refractivity contribution in [2.75, 3.05) is 62.4 Å². The molecular weight excluding hydrogens is 414 g/mol. The van der Waals surface area contributed by atoms with Crippen LogP contribution in [-0.2, 0) is 15.9 Å². The molecule has 2 aliphatic heterocycles. The van der Waals surface area contributed by atoms with Crippen LogP contribution in [0.5, 0.6) is 0 Å². The van der Waals surface area contributed by atoms with E-state index in [-0.39, 0.29) is 0 Å². The van der Waals surface area contributed by atoms with Gasteiger partial charge in [0, 0.05) is 44.2 Å². The molecule has 0 bridgehead atoms. The fourth-order valence-electron chi connectivity index (χ4n) is 4.96. The zero-order chi connectivity index (χ0) is 22.2. The van der Waals surface area contributed by atoms with Crippen LogP contribution in [-0.4, -0.2) is 67.2 Å². The van der Waals surface area contributed by atoms with Crippen molar-refractivity contribution >= 4 is 28.1 Å². The number of ether oxygens (including phenoxy) is 2. The maximum absolute atomic E-state index is 5.61. The minimum Gasteiger partial charge on any atom is -0.378 e. The molecule has 2 saturated heterocycles. The first kappa shape index (κ1) is 20.4. The van der Waals surface area contributed by atoms with Gasteiger partial charge in [-0.15, -0.1) is 0 Å². The Morgan fingerprint density at radius 1 is 0.848 bits per heavy atom. The summed E-state index contributed by atoms with van der Waals surface area (Å²) in [6, 6.07) is 17.3. The van der Waals surface area contributed by atoms with Crippen molar-refractivity contribution in [2.24, 2.45) is 0 Å². The molecule has 4 heterocycles. The van der Waals surface area contributed by atoms with Gasteiger partial charge in [0.15, 0.2) is 5.65 Å². The quantitative estimate of drug-likeness (QED) is 0.482. The SMILES string of the molecule is Cc1nn2c(N3CCOCC3)cc(N3CCOCC3)nc2c1Cc1cccc2ccccc12. The summed E-state index contributed by atoms with van der Waals surface area (Å²) < 4.78 is 13.3. The Balaban J connectivity index is 1.49. The minimum absolute atomic E-state index is 0.736. The number of aryl methyl sites for hydroxylation is 1. The Hall–Kier alpha value is -3.16. The molecule has 0 aliphatic carbocycles. The molecule has 4 aromatic rings. The molecule has 0 saturated carbocycles. The van der Waals surface area contributed by atoms with E-state index in [0.717, 1.165) is 82.0 Å². The molecular formula is C26H29N5O2. The van der Waals surface area contributed by atoms with Crippen molar-refractivity contribution < 1.29 is 9.47 Å². The van der Waals surface area contributed by atoms with E-state index in [4.69, 9.17) is 19.6 Å². The first-order chi connectivity index (χ1) is 16.3. The number of hydrogen-bond acceptors (Lipinski definition) is 6. The van der Waals surface area contributed by atoms with Crippen LogP contribution in [0, 0.1) is 6.92 Å². The predicted molar refractivity (Wildman–Crippen MR) is 131 cm³/mol. The van der Waals surface area contributed by atoms with Crippen molar-refractivity contribution in [2.45, 2.75) is 13.3 Å². The van der Waals surface area contributed by atoms with Gasteiger partial charge in [-0.05, 0) is 23.3 Å². The molecule has 0 N–H and O–H groups in total. The lowest BCUT2D eigenvalue weighted by atomic mass is 9.98. The van der Waals surface area contributed by atoms with E-state index < -0.39 is 0 Å². The average molecular weight is 444 g/mol. The second-order valence-corrected chi connectivity index (χ2v) is 8.79. The third-order valence-corrected chi connectivity index (χ3v) is 6.77. The molecule has 0 amide bonds. The van der Waals surface area contributed by atoms with E-state index in [1.54, 1.807) is 0 Å². The van der Waals surface area contributed by atoms with E-state index in [0.29, 0.717) is 0 Å². The van der Waals surface area contributed by atoms with Crippen LogP contribution in [0.4, 0.5) is 11.6 Å². The third kappa shape index (κ3) is 3.81. The molecule has 2 fully saturated rings. The normalized spacial score (nSPS) is 17.2. The fraction of sp³-hybridized carbons (Fsp3) is 0.385. The zero-order valence-electron chi connectivity index (χ0n) is 19.0. The van der Waals surface area contributed by atoms with Gasteiger partial charge in [0.05, 0.1) is 32.1 Å². The van der Waals surface area contributed by atoms with Gasteiger partial charge in [0.25, 0.3) is 0 Å². The highest BCUT2D eigenvalue weighted by Crippen LogP contribution is 2.30. The van der Waals surface area contributed by atoms with Crippen molar-refractivity contribution in [3.8, 4) is 0 Å². The second kappa shape index (κ2) is 8.65. The van der Waals surface area contributed by atoms with Gasteiger partial charge in [0.1, 0.15) is 11.6 Å². The molecule has 2 aromatic carbocycles. The van der Waals surface area contributed by atoms with Gasteiger partial charge in [-0.2, -0.15) is 9.61 Å². The van der Waals surface area contributed by atoms with Crippen molar-refractivity contribution in [3.63, 3.8) is 0 Å². The van der Waals surface area contributed by atoms with Gasteiger partial charge in [-0.3, -0.25) is 0 Å². The molecule has 2 aromatic heterocycles. The molecule has 170 valence electrons. The first-order valence-corrected chi connectivity index (χ1v) is 11.8. The lowest BCUT2D eigenvalue weighted by Gasteiger charge is -2.32. The lowest BCUT2D eigenvalue weighted by Crippen LogP contribution is -2.39. The number of anilines is 2. The maximum atomic E-state index is 5.61. The summed E-state index contributed by atoms with van der Waals surface area (Å²) in [5.41, 5.74) is 4.48. The Morgan fingerprint density at radius 3 is 2.33 bits per heavy atom. The van der Waals surface area contributed by atoms with E-state index in [1.165, 1.54) is 21.9 Å². The van der Waals surface area contributed by atoms with Crippen molar-refractivity contribution in [3.05, 3.63) is 65.4 Å². The summed E-state index contributed by atoms with van der Waals surface area (Å²) in [6.07, 6.45) is 0.804. The van der Waals surface area contributed by atoms with E-state index in [1.807, 2.05) is 4.52 Å². The number of hydrogen-bond donors (Lipinski definition) is 0. The standard InChI is InChI=1S/C26H29N5O2/c1-19-23(17-21-7-4-6-20-5-2-3-8-22(20)21)26-27-24(29-9-13-32-14-10-29)18-25(31(26)28-19)30-11-15-33-16-12-30/h2-8,18H,9-17H2,1H3. The Morgan fingerprint density at radius 2 is 1.55 bits per heavy atom. The van der Waals surface area contributed by atoms with Crippen LogP contribution in [0.2, 0.25) is 0 Å². The predicted octanol–water partition coefficient (Wildman–Crippen LogP) is 3.45. The first-order valence-electron chi connectivity index (χ1n) is 11.8. The van der Waals surface area contributed by atoms with Crippen molar-refractivity contribution in [1.82, 2.24) is 14.6 Å². The number of aromatic nitrogens is 3. The summed E-state index contributed by atoms with van der Waals surface area (Å²) in [5.74, 6) is 2.10. The number of morpholine rings is 2. The highest BCUT2D eigenvalue weighted by atomic mass is 16.5. The number of rotatable bonds is 4. The van der Waals surface area contributed by atoms with Gasteiger partial charge >= 0.3 is 0 Å². The molecule has 33 heavy (non-hydrogen) atoms. The molecule has 0 atom stereocenters. The van der Waals surface area contributed by atoms with E-state index >= 15 is 0 Å². The summed E-state index contributed by atoms with van der Waals surface area (Å²) in [6.45, 7) is 8.49. The molecule has 0 radical (unpaired) electrons. The zero-order valence-corrected chi connectivity index (χ0v) is 19.0. The van der Waals surface area contributed by atoms with Gasteiger partial charge < -0.3 is 19.3 Å². The monoisotopic (exact) mass is 443 g/mol. The smallest absolute Gasteiger partial charge is 0.163 e. The number of nitrogens with zero attached hydrogens (tertiary/aromatic N) is 5. The molecule has 7 nitrogen and oxygen atoms in total. The van der Waals surface area contributed by atoms with Crippen LogP contribution < -0.4 is 9.80 Å². The van der Waals surface area contributed by atoms with E-state index in [2.05, 4.69) is 65.3 Å². The molecule has 0 spiro atoms. The van der Waals surface area contributed by atoms with Crippen LogP contribution in [0.1, 0.15) is 16.8 Å².